The van der Waals surface area contributed by atoms with Gasteiger partial charge in [0.1, 0.15) is 17.8 Å². The van der Waals surface area contributed by atoms with E-state index in [9.17, 15) is 22.4 Å². The molecular weight excluding hydrogens is 314 g/mol. The van der Waals surface area contributed by atoms with Crippen molar-refractivity contribution in [3.8, 4) is 0 Å². The second kappa shape index (κ2) is 5.45. The molecule has 0 atom stereocenters. The highest BCUT2D eigenvalue weighted by Crippen LogP contribution is 2.33. The zero-order valence-electron chi connectivity index (χ0n) is 11.5. The Labute approximate surface area is 127 Å². The van der Waals surface area contributed by atoms with Gasteiger partial charge in [0.2, 0.25) is 0 Å². The molecule has 8 heteroatoms. The molecule has 0 unspecified atom stereocenters. The van der Waals surface area contributed by atoms with Gasteiger partial charge in [-0.25, -0.2) is 14.4 Å². The number of benzene rings is 1. The summed E-state index contributed by atoms with van der Waals surface area (Å²) in [6.07, 6.45) is -2.07. The summed E-state index contributed by atoms with van der Waals surface area (Å²) in [5, 5.41) is 0.516. The van der Waals surface area contributed by atoms with Gasteiger partial charge in [0.15, 0.2) is 0 Å². The van der Waals surface area contributed by atoms with E-state index in [1.54, 1.807) is 0 Å². The van der Waals surface area contributed by atoms with Crippen LogP contribution in [-0.2, 0) is 12.7 Å². The Kier molecular flexibility index (Phi) is 3.59. The lowest BCUT2D eigenvalue weighted by molar-refractivity contribution is -0.138. The largest absolute Gasteiger partial charge is 0.416 e. The van der Waals surface area contributed by atoms with E-state index in [0.29, 0.717) is 11.5 Å². The van der Waals surface area contributed by atoms with Crippen LogP contribution in [0.3, 0.4) is 0 Å². The molecule has 2 heterocycles. The summed E-state index contributed by atoms with van der Waals surface area (Å²) in [6, 6.07) is 5.08. The van der Waals surface area contributed by atoms with Gasteiger partial charge in [0, 0.05) is 17.6 Å². The fourth-order valence-electron chi connectivity index (χ4n) is 2.31. The molecule has 0 radical (unpaired) electrons. The standard InChI is InChI=1S/C15H9F4N3O/c16-11-3-1-10(12(5-11)15(17,18)19)7-22-13(23)4-2-9-6-20-8-21-14(9)22/h1-6,8H,7H2. The van der Waals surface area contributed by atoms with E-state index in [-0.39, 0.29) is 17.8 Å². The van der Waals surface area contributed by atoms with Crippen molar-refractivity contribution >= 4 is 11.0 Å². The highest BCUT2D eigenvalue weighted by atomic mass is 19.4. The Balaban J connectivity index is 2.18. The second-order valence-corrected chi connectivity index (χ2v) is 4.86. The van der Waals surface area contributed by atoms with Crippen LogP contribution < -0.4 is 5.56 Å². The van der Waals surface area contributed by atoms with E-state index in [2.05, 4.69) is 9.97 Å². The van der Waals surface area contributed by atoms with Crippen molar-refractivity contribution < 1.29 is 17.6 Å². The van der Waals surface area contributed by atoms with Crippen LogP contribution in [0, 0.1) is 5.82 Å². The van der Waals surface area contributed by atoms with Gasteiger partial charge in [-0.05, 0) is 23.8 Å². The molecule has 0 amide bonds. The Bertz CT molecular complexity index is 934. The molecule has 0 fully saturated rings. The van der Waals surface area contributed by atoms with Crippen molar-refractivity contribution in [1.29, 1.82) is 0 Å². The first kappa shape index (κ1) is 15.1. The van der Waals surface area contributed by atoms with Gasteiger partial charge in [0.05, 0.1) is 12.1 Å². The summed E-state index contributed by atoms with van der Waals surface area (Å²) in [5.74, 6) is -0.992. The molecule has 0 saturated carbocycles. The minimum atomic E-state index is -4.72. The third kappa shape index (κ3) is 2.92. The zero-order chi connectivity index (χ0) is 16.6. The predicted octanol–water partition coefficient (Wildman–Crippen LogP) is 3.00. The topological polar surface area (TPSA) is 47.8 Å². The van der Waals surface area contributed by atoms with E-state index in [1.807, 2.05) is 0 Å². The number of alkyl halides is 3. The van der Waals surface area contributed by atoms with Crippen molar-refractivity contribution in [2.24, 2.45) is 0 Å². The molecule has 0 aliphatic rings. The molecule has 0 N–H and O–H groups in total. The molecule has 0 aliphatic heterocycles. The Morgan fingerprint density at radius 1 is 1.13 bits per heavy atom. The lowest BCUT2D eigenvalue weighted by Gasteiger charge is -2.15. The van der Waals surface area contributed by atoms with Crippen LogP contribution in [0.15, 0.2) is 47.7 Å². The molecule has 23 heavy (non-hydrogen) atoms. The molecule has 0 spiro atoms. The summed E-state index contributed by atoms with van der Waals surface area (Å²) in [7, 11) is 0. The van der Waals surface area contributed by atoms with Crippen LogP contribution in [-0.4, -0.2) is 14.5 Å². The van der Waals surface area contributed by atoms with Crippen molar-refractivity contribution in [2.45, 2.75) is 12.7 Å². The maximum absolute atomic E-state index is 13.2. The van der Waals surface area contributed by atoms with Gasteiger partial charge >= 0.3 is 6.18 Å². The summed E-state index contributed by atoms with van der Waals surface area (Å²) in [6.45, 7) is -0.373. The Morgan fingerprint density at radius 2 is 1.91 bits per heavy atom. The average Bonchev–Trinajstić information content (AvgIpc) is 2.50. The monoisotopic (exact) mass is 323 g/mol. The van der Waals surface area contributed by atoms with Crippen molar-refractivity contribution in [1.82, 2.24) is 14.5 Å². The summed E-state index contributed by atoms with van der Waals surface area (Å²) < 4.78 is 53.5. The fraction of sp³-hybridized carbons (Fsp3) is 0.133. The van der Waals surface area contributed by atoms with E-state index in [1.165, 1.54) is 24.7 Å². The van der Waals surface area contributed by atoms with Crippen LogP contribution in [0.4, 0.5) is 17.6 Å². The van der Waals surface area contributed by atoms with Gasteiger partial charge in [-0.1, -0.05) is 6.07 Å². The third-order valence-corrected chi connectivity index (χ3v) is 3.35. The lowest BCUT2D eigenvalue weighted by Crippen LogP contribution is -2.22. The molecule has 3 rings (SSSR count). The molecule has 0 saturated heterocycles. The average molecular weight is 323 g/mol. The SMILES string of the molecule is O=c1ccc2cncnc2n1Cc1ccc(F)cc1C(F)(F)F. The first-order valence-corrected chi connectivity index (χ1v) is 6.51. The van der Waals surface area contributed by atoms with Crippen molar-refractivity contribution in [3.05, 3.63) is 70.2 Å². The van der Waals surface area contributed by atoms with E-state index >= 15 is 0 Å². The van der Waals surface area contributed by atoms with Gasteiger partial charge in [0.25, 0.3) is 5.56 Å². The molecule has 0 bridgehead atoms. The van der Waals surface area contributed by atoms with E-state index in [0.717, 1.165) is 16.7 Å². The molecular formula is C15H9F4N3O. The first-order chi connectivity index (χ1) is 10.9. The minimum absolute atomic E-state index is 0.213. The zero-order valence-corrected chi connectivity index (χ0v) is 11.5. The van der Waals surface area contributed by atoms with Crippen molar-refractivity contribution in [2.75, 3.05) is 0 Å². The maximum atomic E-state index is 13.2. The molecule has 1 aromatic carbocycles. The third-order valence-electron chi connectivity index (χ3n) is 3.35. The van der Waals surface area contributed by atoms with E-state index in [4.69, 9.17) is 0 Å². The van der Waals surface area contributed by atoms with Crippen LogP contribution >= 0.6 is 0 Å². The van der Waals surface area contributed by atoms with Crippen LogP contribution in [0.25, 0.3) is 11.0 Å². The number of nitrogens with zero attached hydrogens (tertiary/aromatic N) is 3. The Hall–Kier alpha value is -2.77. The molecule has 0 aliphatic carbocycles. The number of pyridine rings is 1. The van der Waals surface area contributed by atoms with E-state index < -0.39 is 23.1 Å². The number of hydrogen-bond donors (Lipinski definition) is 0. The van der Waals surface area contributed by atoms with Gasteiger partial charge < -0.3 is 0 Å². The molecule has 4 nitrogen and oxygen atoms in total. The maximum Gasteiger partial charge on any atom is 0.416 e. The highest BCUT2D eigenvalue weighted by molar-refractivity contribution is 5.73. The number of hydrogen-bond acceptors (Lipinski definition) is 3. The number of aromatic nitrogens is 3. The smallest absolute Gasteiger partial charge is 0.288 e. The van der Waals surface area contributed by atoms with Gasteiger partial charge in [-0.15, -0.1) is 0 Å². The van der Waals surface area contributed by atoms with Crippen LogP contribution in [0.5, 0.6) is 0 Å². The molecule has 2 aromatic heterocycles. The van der Waals surface area contributed by atoms with Crippen molar-refractivity contribution in [3.63, 3.8) is 0 Å². The summed E-state index contributed by atoms with van der Waals surface area (Å²) in [5.41, 5.74) is -1.62. The number of halogens is 4. The number of rotatable bonds is 2. The second-order valence-electron chi connectivity index (χ2n) is 4.86. The Morgan fingerprint density at radius 3 is 2.65 bits per heavy atom. The minimum Gasteiger partial charge on any atom is -0.288 e. The van der Waals surface area contributed by atoms with Gasteiger partial charge in [-0.2, -0.15) is 13.2 Å². The first-order valence-electron chi connectivity index (χ1n) is 6.51. The predicted molar refractivity (Wildman–Crippen MR) is 74.3 cm³/mol. The summed E-state index contributed by atoms with van der Waals surface area (Å²) in [4.78, 5) is 19.8. The van der Waals surface area contributed by atoms with Crippen LogP contribution in [0.2, 0.25) is 0 Å². The molecule has 118 valence electrons. The van der Waals surface area contributed by atoms with Crippen LogP contribution in [0.1, 0.15) is 11.1 Å². The quantitative estimate of drug-likeness (QED) is 0.681. The normalized spacial score (nSPS) is 11.8. The summed E-state index contributed by atoms with van der Waals surface area (Å²) >= 11 is 0. The number of fused-ring (bicyclic) bond motifs is 1. The fourth-order valence-corrected chi connectivity index (χ4v) is 2.31. The van der Waals surface area contributed by atoms with Gasteiger partial charge in [-0.3, -0.25) is 9.36 Å². The highest BCUT2D eigenvalue weighted by Gasteiger charge is 2.33. The molecule has 3 aromatic rings. The lowest BCUT2D eigenvalue weighted by atomic mass is 10.1.